The van der Waals surface area contributed by atoms with Crippen LogP contribution < -0.4 is 10.0 Å². The Balaban J connectivity index is 1.60. The summed E-state index contributed by atoms with van der Waals surface area (Å²) in [6, 6.07) is 14.0. The Morgan fingerprint density at radius 1 is 1.03 bits per heavy atom. The number of aromatic nitrogens is 1. The van der Waals surface area contributed by atoms with Gasteiger partial charge in [0.2, 0.25) is 0 Å². The van der Waals surface area contributed by atoms with Crippen molar-refractivity contribution in [3.05, 3.63) is 82.1 Å². The third kappa shape index (κ3) is 4.68. The first-order valence-electron chi connectivity index (χ1n) is 8.98. The highest BCUT2D eigenvalue weighted by Crippen LogP contribution is 2.27. The van der Waals surface area contributed by atoms with E-state index in [2.05, 4.69) is 15.0 Å². The van der Waals surface area contributed by atoms with Gasteiger partial charge in [0.25, 0.3) is 15.9 Å². The molecule has 31 heavy (non-hydrogen) atoms. The average Bonchev–Trinajstić information content (AvgIpc) is 3.09. The fourth-order valence-electron chi connectivity index (χ4n) is 2.89. The molecular weight excluding hydrogens is 461 g/mol. The van der Waals surface area contributed by atoms with Crippen LogP contribution in [0.2, 0.25) is 5.02 Å². The van der Waals surface area contributed by atoms with Crippen LogP contribution in [0.15, 0.2) is 65.6 Å². The molecule has 0 unspecified atom stereocenters. The van der Waals surface area contributed by atoms with Gasteiger partial charge in [-0.2, -0.15) is 0 Å². The van der Waals surface area contributed by atoms with Crippen molar-refractivity contribution in [2.75, 3.05) is 10.0 Å². The molecule has 0 spiro atoms. The predicted octanol–water partition coefficient (Wildman–Crippen LogP) is 5.45. The number of thiazole rings is 1. The maximum Gasteiger partial charge on any atom is 0.261 e. The Morgan fingerprint density at radius 3 is 2.48 bits per heavy atom. The summed E-state index contributed by atoms with van der Waals surface area (Å²) in [4.78, 5) is 17.0. The zero-order valence-electron chi connectivity index (χ0n) is 16.0. The smallest absolute Gasteiger partial charge is 0.261 e. The van der Waals surface area contributed by atoms with Crippen LogP contribution in [0, 0.1) is 12.7 Å². The van der Waals surface area contributed by atoms with E-state index in [-0.39, 0.29) is 21.2 Å². The quantitative estimate of drug-likeness (QED) is 0.401. The molecule has 6 nitrogen and oxygen atoms in total. The van der Waals surface area contributed by atoms with Crippen LogP contribution in [0.5, 0.6) is 0 Å². The molecule has 2 N–H and O–H groups in total. The fraction of sp³-hybridized carbons (Fsp3) is 0.0476. The molecule has 4 rings (SSSR count). The summed E-state index contributed by atoms with van der Waals surface area (Å²) in [5, 5.41) is 3.75. The number of amides is 1. The SMILES string of the molecule is Cc1nc2ccc(NC(=O)c3cc(S(=O)(=O)Nc4ccc(F)cc4)ccc3Cl)cc2s1. The topological polar surface area (TPSA) is 88.2 Å². The van der Waals surface area contributed by atoms with Crippen molar-refractivity contribution in [3.8, 4) is 0 Å². The number of sulfonamides is 1. The number of carbonyl (C=O) groups excluding carboxylic acids is 1. The van der Waals surface area contributed by atoms with Gasteiger partial charge in [-0.15, -0.1) is 11.3 Å². The fourth-order valence-corrected chi connectivity index (χ4v) is 5.05. The Labute approximate surface area is 186 Å². The van der Waals surface area contributed by atoms with E-state index in [0.717, 1.165) is 27.4 Å². The van der Waals surface area contributed by atoms with E-state index in [9.17, 15) is 17.6 Å². The van der Waals surface area contributed by atoms with Crippen LogP contribution in [0.4, 0.5) is 15.8 Å². The predicted molar refractivity (Wildman–Crippen MR) is 121 cm³/mol. The Hall–Kier alpha value is -3.01. The maximum absolute atomic E-state index is 13.1. The molecule has 1 amide bonds. The number of nitrogens with one attached hydrogen (secondary N) is 2. The van der Waals surface area contributed by atoms with E-state index in [1.54, 1.807) is 18.2 Å². The second kappa shape index (κ2) is 8.26. The second-order valence-electron chi connectivity index (χ2n) is 6.62. The molecule has 1 aromatic heterocycles. The number of fused-ring (bicyclic) bond motifs is 1. The van der Waals surface area contributed by atoms with Crippen LogP contribution in [-0.2, 0) is 10.0 Å². The Bertz CT molecular complexity index is 1400. The lowest BCUT2D eigenvalue weighted by Crippen LogP contribution is -2.16. The van der Waals surface area contributed by atoms with Gasteiger partial charge < -0.3 is 5.32 Å². The van der Waals surface area contributed by atoms with Crippen molar-refractivity contribution in [2.24, 2.45) is 0 Å². The number of carbonyl (C=O) groups is 1. The molecule has 0 aliphatic carbocycles. The first kappa shape index (κ1) is 21.2. The minimum absolute atomic E-state index is 0.00392. The van der Waals surface area contributed by atoms with E-state index in [0.29, 0.717) is 5.69 Å². The molecule has 0 fully saturated rings. The highest BCUT2D eigenvalue weighted by molar-refractivity contribution is 7.92. The normalized spacial score (nSPS) is 11.5. The van der Waals surface area contributed by atoms with Crippen LogP contribution >= 0.6 is 22.9 Å². The first-order chi connectivity index (χ1) is 14.7. The summed E-state index contributed by atoms with van der Waals surface area (Å²) in [6.07, 6.45) is 0. The molecule has 3 aromatic carbocycles. The summed E-state index contributed by atoms with van der Waals surface area (Å²) >= 11 is 7.66. The summed E-state index contributed by atoms with van der Waals surface area (Å²) < 4.78 is 41.7. The minimum atomic E-state index is -4.02. The van der Waals surface area contributed by atoms with Crippen molar-refractivity contribution in [2.45, 2.75) is 11.8 Å². The van der Waals surface area contributed by atoms with E-state index in [1.165, 1.54) is 41.7 Å². The zero-order valence-corrected chi connectivity index (χ0v) is 18.4. The number of nitrogens with zero attached hydrogens (tertiary/aromatic N) is 1. The highest BCUT2D eigenvalue weighted by atomic mass is 35.5. The Morgan fingerprint density at radius 2 is 1.74 bits per heavy atom. The van der Waals surface area contributed by atoms with Gasteiger partial charge in [-0.1, -0.05) is 11.6 Å². The van der Waals surface area contributed by atoms with Gasteiger partial charge >= 0.3 is 0 Å². The van der Waals surface area contributed by atoms with Crippen molar-refractivity contribution >= 4 is 60.5 Å². The number of halogens is 2. The van der Waals surface area contributed by atoms with Crippen molar-refractivity contribution in [3.63, 3.8) is 0 Å². The molecule has 4 aromatic rings. The second-order valence-corrected chi connectivity index (χ2v) is 9.95. The highest BCUT2D eigenvalue weighted by Gasteiger charge is 2.19. The molecule has 0 aliphatic heterocycles. The lowest BCUT2D eigenvalue weighted by molar-refractivity contribution is 0.102. The van der Waals surface area contributed by atoms with Gasteiger partial charge in [0.15, 0.2) is 0 Å². The number of anilines is 2. The average molecular weight is 476 g/mol. The van der Waals surface area contributed by atoms with Gasteiger partial charge in [0, 0.05) is 11.4 Å². The summed E-state index contributed by atoms with van der Waals surface area (Å²) in [7, 11) is -4.02. The van der Waals surface area contributed by atoms with Crippen LogP contribution in [-0.4, -0.2) is 19.3 Å². The van der Waals surface area contributed by atoms with E-state index >= 15 is 0 Å². The number of hydrogen-bond acceptors (Lipinski definition) is 5. The molecule has 0 saturated carbocycles. The number of hydrogen-bond donors (Lipinski definition) is 2. The van der Waals surface area contributed by atoms with E-state index < -0.39 is 21.7 Å². The van der Waals surface area contributed by atoms with Crippen molar-refractivity contribution in [1.29, 1.82) is 0 Å². The van der Waals surface area contributed by atoms with Gasteiger partial charge in [0.1, 0.15) is 5.82 Å². The number of aryl methyl sites for hydroxylation is 1. The van der Waals surface area contributed by atoms with Crippen LogP contribution in [0.1, 0.15) is 15.4 Å². The van der Waals surface area contributed by atoms with Crippen LogP contribution in [0.3, 0.4) is 0 Å². The van der Waals surface area contributed by atoms with Gasteiger partial charge in [0.05, 0.1) is 30.7 Å². The number of rotatable bonds is 5. The van der Waals surface area contributed by atoms with E-state index in [1.807, 2.05) is 6.92 Å². The third-order valence-electron chi connectivity index (χ3n) is 4.34. The van der Waals surface area contributed by atoms with Crippen molar-refractivity contribution < 1.29 is 17.6 Å². The summed E-state index contributed by atoms with van der Waals surface area (Å²) in [5.41, 5.74) is 1.56. The molecule has 0 atom stereocenters. The number of benzene rings is 3. The van der Waals surface area contributed by atoms with Crippen LogP contribution in [0.25, 0.3) is 10.2 Å². The molecule has 158 valence electrons. The molecule has 1 heterocycles. The summed E-state index contributed by atoms with van der Waals surface area (Å²) in [5.74, 6) is -1.04. The minimum Gasteiger partial charge on any atom is -0.322 e. The first-order valence-corrected chi connectivity index (χ1v) is 11.7. The molecule has 0 saturated heterocycles. The molecular formula is C21H15ClFN3O3S2. The lowest BCUT2D eigenvalue weighted by atomic mass is 10.2. The molecule has 0 aliphatic rings. The van der Waals surface area contributed by atoms with Gasteiger partial charge in [-0.3, -0.25) is 9.52 Å². The third-order valence-corrected chi connectivity index (χ3v) is 6.98. The van der Waals surface area contributed by atoms with Gasteiger partial charge in [-0.25, -0.2) is 17.8 Å². The largest absolute Gasteiger partial charge is 0.322 e. The zero-order chi connectivity index (χ0) is 22.2. The van der Waals surface area contributed by atoms with E-state index in [4.69, 9.17) is 11.6 Å². The van der Waals surface area contributed by atoms with Crippen molar-refractivity contribution in [1.82, 2.24) is 4.98 Å². The molecule has 0 radical (unpaired) electrons. The molecule has 10 heteroatoms. The maximum atomic E-state index is 13.1. The standard InChI is InChI=1S/C21H15ClFN3O3S2/c1-12-24-19-9-6-15(10-20(19)30-12)25-21(27)17-11-16(7-8-18(17)22)31(28,29)26-14-4-2-13(23)3-5-14/h2-11,26H,1H3,(H,25,27). The molecule has 0 bridgehead atoms. The monoisotopic (exact) mass is 475 g/mol. The lowest BCUT2D eigenvalue weighted by Gasteiger charge is -2.11. The van der Waals surface area contributed by atoms with Gasteiger partial charge in [-0.05, 0) is 67.6 Å². The Kier molecular flexibility index (Phi) is 5.65. The summed E-state index contributed by atoms with van der Waals surface area (Å²) in [6.45, 7) is 1.90.